The highest BCUT2D eigenvalue weighted by molar-refractivity contribution is 7.16. The van der Waals surface area contributed by atoms with Gasteiger partial charge >= 0.3 is 6.03 Å². The topological polar surface area (TPSA) is 83.8 Å². The number of rotatable bonds is 3. The predicted molar refractivity (Wildman–Crippen MR) is 105 cm³/mol. The minimum absolute atomic E-state index is 0.431. The molecule has 1 aromatic heterocycles. The van der Waals surface area contributed by atoms with Crippen molar-refractivity contribution < 1.29 is 18.8 Å². The first-order valence-electron chi connectivity index (χ1n) is 8.82. The van der Waals surface area contributed by atoms with Gasteiger partial charge in [0.15, 0.2) is 4.80 Å². The molecule has 2 aromatic carbocycles. The van der Waals surface area contributed by atoms with E-state index in [2.05, 4.69) is 10.3 Å². The Morgan fingerprint density at radius 2 is 1.86 bits per heavy atom. The molecule has 9 heteroatoms. The maximum atomic E-state index is 13.2. The fourth-order valence-electron chi connectivity index (χ4n) is 3.28. The first kappa shape index (κ1) is 19.0. The molecule has 148 valence electrons. The molecule has 0 saturated carbocycles. The molecule has 2 heterocycles. The van der Waals surface area contributed by atoms with Gasteiger partial charge in [-0.25, -0.2) is 9.18 Å². The Hall–Kier alpha value is -3.33. The number of nitrogens with zero attached hydrogens (tertiary/aromatic N) is 3. The zero-order valence-corrected chi connectivity index (χ0v) is 16.5. The summed E-state index contributed by atoms with van der Waals surface area (Å²) in [5.74, 6) is -1.64. The lowest BCUT2D eigenvalue weighted by atomic mass is 9.92. The van der Waals surface area contributed by atoms with Crippen molar-refractivity contribution in [3.63, 3.8) is 0 Å². The van der Waals surface area contributed by atoms with Crippen molar-refractivity contribution in [1.29, 1.82) is 0 Å². The molecule has 1 atom stereocenters. The van der Waals surface area contributed by atoms with Crippen LogP contribution in [0.25, 0.3) is 10.2 Å². The fourth-order valence-corrected chi connectivity index (χ4v) is 4.32. The van der Waals surface area contributed by atoms with E-state index in [1.165, 1.54) is 42.5 Å². The molecule has 0 spiro atoms. The molecule has 1 unspecified atom stereocenters. The third-order valence-corrected chi connectivity index (χ3v) is 6.04. The lowest BCUT2D eigenvalue weighted by molar-refractivity contribution is -0.134. The van der Waals surface area contributed by atoms with Crippen LogP contribution in [0.5, 0.6) is 0 Å². The summed E-state index contributed by atoms with van der Waals surface area (Å²) in [6, 6.07) is 12.2. The molecule has 0 bridgehead atoms. The van der Waals surface area contributed by atoms with Gasteiger partial charge in [-0.1, -0.05) is 35.6 Å². The Bertz CT molecular complexity index is 1210. The number of hydrogen-bond donors (Lipinski definition) is 1. The van der Waals surface area contributed by atoms with Gasteiger partial charge in [-0.05, 0) is 36.8 Å². The number of amides is 4. The van der Waals surface area contributed by atoms with E-state index >= 15 is 0 Å². The molecule has 1 saturated heterocycles. The Morgan fingerprint density at radius 1 is 1.17 bits per heavy atom. The van der Waals surface area contributed by atoms with Crippen LogP contribution in [0.4, 0.5) is 9.18 Å². The second-order valence-corrected chi connectivity index (χ2v) is 7.88. The summed E-state index contributed by atoms with van der Waals surface area (Å²) in [5, 5.41) is 2.59. The van der Waals surface area contributed by atoms with Crippen molar-refractivity contribution >= 4 is 39.4 Å². The van der Waals surface area contributed by atoms with E-state index in [9.17, 15) is 18.8 Å². The van der Waals surface area contributed by atoms with Crippen LogP contribution in [-0.4, -0.2) is 33.9 Å². The van der Waals surface area contributed by atoms with Gasteiger partial charge in [0.05, 0.1) is 10.2 Å². The van der Waals surface area contributed by atoms with Gasteiger partial charge in [0.2, 0.25) is 0 Å². The van der Waals surface area contributed by atoms with E-state index in [4.69, 9.17) is 0 Å². The van der Waals surface area contributed by atoms with E-state index < -0.39 is 35.7 Å². The number of urea groups is 1. The molecule has 1 N–H and O–H groups in total. The maximum absolute atomic E-state index is 13.2. The van der Waals surface area contributed by atoms with Crippen LogP contribution in [0.2, 0.25) is 0 Å². The van der Waals surface area contributed by atoms with Gasteiger partial charge in [0.1, 0.15) is 17.9 Å². The summed E-state index contributed by atoms with van der Waals surface area (Å²) < 4.78 is 16.0. The smallest absolute Gasteiger partial charge is 0.319 e. The number of aryl methyl sites for hydroxylation is 1. The molecule has 0 aliphatic carbocycles. The van der Waals surface area contributed by atoms with Crippen LogP contribution < -0.4 is 10.1 Å². The third-order valence-electron chi connectivity index (χ3n) is 4.93. The van der Waals surface area contributed by atoms with Crippen LogP contribution >= 0.6 is 11.3 Å². The quantitative estimate of drug-likeness (QED) is 0.670. The van der Waals surface area contributed by atoms with Crippen molar-refractivity contribution in [3.8, 4) is 0 Å². The lowest BCUT2D eigenvalue weighted by Crippen LogP contribution is -2.41. The van der Waals surface area contributed by atoms with Crippen LogP contribution in [0.15, 0.2) is 53.5 Å². The Labute approximate surface area is 169 Å². The van der Waals surface area contributed by atoms with Crippen molar-refractivity contribution in [2.45, 2.75) is 12.5 Å². The first-order valence-corrected chi connectivity index (χ1v) is 9.63. The van der Waals surface area contributed by atoms with Crippen molar-refractivity contribution in [3.05, 3.63) is 64.7 Å². The molecule has 3 aromatic rings. The minimum atomic E-state index is -1.37. The van der Waals surface area contributed by atoms with E-state index in [0.717, 1.165) is 15.1 Å². The summed E-state index contributed by atoms with van der Waals surface area (Å²) >= 11 is 1.35. The second kappa shape index (κ2) is 6.93. The zero-order valence-electron chi connectivity index (χ0n) is 15.7. The van der Waals surface area contributed by atoms with Crippen molar-refractivity contribution in [1.82, 2.24) is 14.8 Å². The summed E-state index contributed by atoms with van der Waals surface area (Å²) in [7, 11) is 1.80. The van der Waals surface area contributed by atoms with Gasteiger partial charge < -0.3 is 9.88 Å². The summed E-state index contributed by atoms with van der Waals surface area (Å²) in [6.45, 7) is 1.05. The number of halogens is 1. The van der Waals surface area contributed by atoms with E-state index in [0.29, 0.717) is 10.4 Å². The molecule has 7 nitrogen and oxygen atoms in total. The SMILES string of the molecule is Cn1c(=NC(=O)CN2C(=O)NC(C)(c3ccc(F)cc3)C2=O)sc2ccccc21. The van der Waals surface area contributed by atoms with Crippen LogP contribution in [0, 0.1) is 5.82 Å². The second-order valence-electron chi connectivity index (χ2n) is 6.87. The average molecular weight is 412 g/mol. The lowest BCUT2D eigenvalue weighted by Gasteiger charge is -2.21. The molecule has 1 aliphatic rings. The average Bonchev–Trinajstić information content (AvgIpc) is 3.12. The third kappa shape index (κ3) is 3.23. The zero-order chi connectivity index (χ0) is 20.8. The van der Waals surface area contributed by atoms with Gasteiger partial charge in [0.25, 0.3) is 11.8 Å². The Kier molecular flexibility index (Phi) is 4.54. The number of nitrogens with one attached hydrogen (secondary N) is 1. The van der Waals surface area contributed by atoms with E-state index in [1.807, 2.05) is 24.3 Å². The predicted octanol–water partition coefficient (Wildman–Crippen LogP) is 2.27. The van der Waals surface area contributed by atoms with Gasteiger partial charge in [-0.3, -0.25) is 14.5 Å². The molecule has 1 aliphatic heterocycles. The number of hydrogen-bond acceptors (Lipinski definition) is 4. The Balaban J connectivity index is 1.59. The van der Waals surface area contributed by atoms with Crippen molar-refractivity contribution in [2.75, 3.05) is 6.54 Å². The summed E-state index contributed by atoms with van der Waals surface area (Å²) in [6.07, 6.45) is 0. The summed E-state index contributed by atoms with van der Waals surface area (Å²) in [5.41, 5.74) is -0.00385. The van der Waals surface area contributed by atoms with Crippen LogP contribution in [0.3, 0.4) is 0 Å². The molecule has 4 amide bonds. The fraction of sp³-hybridized carbons (Fsp3) is 0.200. The Morgan fingerprint density at radius 3 is 2.55 bits per heavy atom. The first-order chi connectivity index (χ1) is 13.8. The van der Waals surface area contributed by atoms with Crippen LogP contribution in [0.1, 0.15) is 12.5 Å². The normalized spacial score (nSPS) is 19.8. The van der Waals surface area contributed by atoms with Gasteiger partial charge in [-0.2, -0.15) is 4.99 Å². The number of thiazole rings is 1. The highest BCUT2D eigenvalue weighted by atomic mass is 32.1. The maximum Gasteiger partial charge on any atom is 0.325 e. The number of para-hydroxylation sites is 1. The van der Waals surface area contributed by atoms with E-state index in [-0.39, 0.29) is 0 Å². The molecule has 0 radical (unpaired) electrons. The highest BCUT2D eigenvalue weighted by Gasteiger charge is 2.49. The van der Waals surface area contributed by atoms with Gasteiger partial charge in [0, 0.05) is 7.05 Å². The van der Waals surface area contributed by atoms with Crippen LogP contribution in [-0.2, 0) is 22.2 Å². The molecular weight excluding hydrogens is 395 g/mol. The largest absolute Gasteiger partial charge is 0.325 e. The molecule has 29 heavy (non-hydrogen) atoms. The molecule has 4 rings (SSSR count). The summed E-state index contributed by atoms with van der Waals surface area (Å²) in [4.78, 5) is 43.1. The number of imide groups is 1. The monoisotopic (exact) mass is 412 g/mol. The van der Waals surface area contributed by atoms with E-state index in [1.54, 1.807) is 11.6 Å². The molecule has 1 fully saturated rings. The number of aromatic nitrogens is 1. The molecular formula is C20H17FN4O3S. The number of carbonyl (C=O) groups excluding carboxylic acids is 3. The van der Waals surface area contributed by atoms with Crippen molar-refractivity contribution in [2.24, 2.45) is 12.0 Å². The number of benzene rings is 2. The highest BCUT2D eigenvalue weighted by Crippen LogP contribution is 2.28. The van der Waals surface area contributed by atoms with Gasteiger partial charge in [-0.15, -0.1) is 0 Å². The standard InChI is InChI=1S/C20H17FN4O3S/c1-20(12-7-9-13(21)10-8-12)17(27)25(18(28)23-20)11-16(26)22-19-24(2)14-5-3-4-6-15(14)29-19/h3-10H,11H2,1-2H3,(H,23,28). The number of carbonyl (C=O) groups is 3. The minimum Gasteiger partial charge on any atom is -0.319 e. The number of fused-ring (bicyclic) bond motifs is 1.